The van der Waals surface area contributed by atoms with Crippen LogP contribution in [0.3, 0.4) is 0 Å². The van der Waals surface area contributed by atoms with Crippen LogP contribution in [-0.2, 0) is 6.42 Å². The lowest BCUT2D eigenvalue weighted by atomic mass is 10.0. The van der Waals surface area contributed by atoms with Gasteiger partial charge in [-0.2, -0.15) is 0 Å². The first-order chi connectivity index (χ1) is 9.56. The van der Waals surface area contributed by atoms with E-state index in [4.69, 9.17) is 0 Å². The molecule has 20 heavy (non-hydrogen) atoms. The fourth-order valence-electron chi connectivity index (χ4n) is 2.63. The van der Waals surface area contributed by atoms with Gasteiger partial charge < -0.3 is 4.90 Å². The lowest BCUT2D eigenvalue weighted by Gasteiger charge is -2.33. The summed E-state index contributed by atoms with van der Waals surface area (Å²) in [5, 5.41) is 2.01. The van der Waals surface area contributed by atoms with Crippen molar-refractivity contribution in [2.24, 2.45) is 0 Å². The second kappa shape index (κ2) is 4.98. The summed E-state index contributed by atoms with van der Waals surface area (Å²) in [7, 11) is 0. The number of benzene rings is 1. The quantitative estimate of drug-likeness (QED) is 0.783. The van der Waals surface area contributed by atoms with Gasteiger partial charge in [0.1, 0.15) is 11.6 Å². The van der Waals surface area contributed by atoms with Crippen LogP contribution in [0.2, 0.25) is 0 Å². The molecule has 2 heterocycles. The molecule has 1 aliphatic rings. The van der Waals surface area contributed by atoms with Crippen LogP contribution in [0.5, 0.6) is 0 Å². The molecule has 104 valence electrons. The zero-order valence-electron chi connectivity index (χ0n) is 10.9. The van der Waals surface area contributed by atoms with Crippen molar-refractivity contribution < 1.29 is 13.6 Å². The normalized spacial score (nSPS) is 17.9. The summed E-state index contributed by atoms with van der Waals surface area (Å²) in [5.74, 6) is -1.78. The third-order valence-corrected chi connectivity index (χ3v) is 4.64. The average molecular weight is 293 g/mol. The highest BCUT2D eigenvalue weighted by Gasteiger charge is 2.29. The number of nitrogens with zero attached hydrogens (tertiary/aromatic N) is 1. The molecule has 2 nitrogen and oxygen atoms in total. The Hall–Kier alpha value is -1.75. The van der Waals surface area contributed by atoms with Crippen molar-refractivity contribution in [2.75, 3.05) is 6.54 Å². The number of hydrogen-bond donors (Lipinski definition) is 0. The second-order valence-corrected chi connectivity index (χ2v) is 5.88. The Morgan fingerprint density at radius 1 is 1.30 bits per heavy atom. The molecule has 0 unspecified atom stereocenters. The first kappa shape index (κ1) is 13.2. The number of rotatable bonds is 1. The molecular weight excluding hydrogens is 280 g/mol. The van der Waals surface area contributed by atoms with E-state index >= 15 is 0 Å². The van der Waals surface area contributed by atoms with E-state index in [1.807, 2.05) is 18.4 Å². The Kier molecular flexibility index (Phi) is 3.30. The highest BCUT2D eigenvalue weighted by Crippen LogP contribution is 2.33. The predicted molar refractivity (Wildman–Crippen MR) is 73.8 cm³/mol. The zero-order valence-corrected chi connectivity index (χ0v) is 11.7. The van der Waals surface area contributed by atoms with Crippen LogP contribution in [0.4, 0.5) is 8.78 Å². The minimum atomic E-state index is -0.728. The number of amides is 1. The Labute approximate surface area is 119 Å². The lowest BCUT2D eigenvalue weighted by molar-refractivity contribution is 0.0678. The van der Waals surface area contributed by atoms with Crippen LogP contribution < -0.4 is 0 Å². The SMILES string of the molecule is C[C@@H]1c2ccsc2CCN1C(=O)c1cc(F)cc(F)c1. The summed E-state index contributed by atoms with van der Waals surface area (Å²) in [4.78, 5) is 15.4. The lowest BCUT2D eigenvalue weighted by Crippen LogP contribution is -2.38. The van der Waals surface area contributed by atoms with Gasteiger partial charge in [-0.3, -0.25) is 4.79 Å². The first-order valence-corrected chi connectivity index (χ1v) is 7.27. The molecule has 1 amide bonds. The molecule has 0 saturated heterocycles. The van der Waals surface area contributed by atoms with Crippen LogP contribution in [-0.4, -0.2) is 17.4 Å². The maximum absolute atomic E-state index is 13.2. The van der Waals surface area contributed by atoms with Gasteiger partial charge in [0.2, 0.25) is 0 Å². The second-order valence-electron chi connectivity index (χ2n) is 4.88. The number of thiophene rings is 1. The summed E-state index contributed by atoms with van der Waals surface area (Å²) < 4.78 is 26.5. The molecule has 1 aliphatic heterocycles. The molecule has 0 aliphatic carbocycles. The van der Waals surface area contributed by atoms with Crippen LogP contribution >= 0.6 is 11.3 Å². The fraction of sp³-hybridized carbons (Fsp3) is 0.267. The smallest absolute Gasteiger partial charge is 0.254 e. The van der Waals surface area contributed by atoms with Gasteiger partial charge >= 0.3 is 0 Å². The Morgan fingerprint density at radius 3 is 2.70 bits per heavy atom. The van der Waals surface area contributed by atoms with Crippen molar-refractivity contribution in [1.82, 2.24) is 4.90 Å². The van der Waals surface area contributed by atoms with E-state index in [-0.39, 0.29) is 17.5 Å². The molecule has 0 N–H and O–H groups in total. The fourth-order valence-corrected chi connectivity index (χ4v) is 3.59. The molecule has 1 atom stereocenters. The van der Waals surface area contributed by atoms with Gasteiger partial charge in [-0.15, -0.1) is 11.3 Å². The van der Waals surface area contributed by atoms with Crippen molar-refractivity contribution in [3.63, 3.8) is 0 Å². The third-order valence-electron chi connectivity index (χ3n) is 3.65. The molecule has 5 heteroatoms. The molecule has 1 aromatic carbocycles. The monoisotopic (exact) mass is 293 g/mol. The molecule has 0 spiro atoms. The molecule has 0 saturated carbocycles. The third kappa shape index (κ3) is 2.22. The minimum absolute atomic E-state index is 0.0630. The van der Waals surface area contributed by atoms with E-state index in [9.17, 15) is 13.6 Å². The summed E-state index contributed by atoms with van der Waals surface area (Å²) >= 11 is 1.69. The maximum Gasteiger partial charge on any atom is 0.254 e. The molecule has 3 rings (SSSR count). The van der Waals surface area contributed by atoms with E-state index in [0.717, 1.165) is 30.2 Å². The number of fused-ring (bicyclic) bond motifs is 1. The Morgan fingerprint density at radius 2 is 2.00 bits per heavy atom. The van der Waals surface area contributed by atoms with E-state index in [1.54, 1.807) is 16.2 Å². The minimum Gasteiger partial charge on any atom is -0.331 e. The largest absolute Gasteiger partial charge is 0.331 e. The summed E-state index contributed by atoms with van der Waals surface area (Å²) in [6.45, 7) is 2.52. The highest BCUT2D eigenvalue weighted by molar-refractivity contribution is 7.10. The number of halogens is 2. The molecule has 0 fully saturated rings. The molecular formula is C15H13F2NOS. The molecule has 2 aromatic rings. The van der Waals surface area contributed by atoms with Gasteiger partial charge in [0, 0.05) is 23.1 Å². The number of carbonyl (C=O) groups is 1. The van der Waals surface area contributed by atoms with Crippen LogP contribution in [0.25, 0.3) is 0 Å². The topological polar surface area (TPSA) is 20.3 Å². The number of carbonyl (C=O) groups excluding carboxylic acids is 1. The summed E-state index contributed by atoms with van der Waals surface area (Å²) in [5.41, 5.74) is 1.19. The molecule has 0 bridgehead atoms. The maximum atomic E-state index is 13.2. The predicted octanol–water partition coefficient (Wildman–Crippen LogP) is 3.79. The van der Waals surface area contributed by atoms with Gasteiger partial charge in [-0.1, -0.05) is 0 Å². The zero-order chi connectivity index (χ0) is 14.3. The summed E-state index contributed by atoms with van der Waals surface area (Å²) in [6, 6.07) is 4.88. The van der Waals surface area contributed by atoms with Crippen LogP contribution in [0.1, 0.15) is 33.8 Å². The number of hydrogen-bond acceptors (Lipinski definition) is 2. The van der Waals surface area contributed by atoms with E-state index in [0.29, 0.717) is 6.54 Å². The average Bonchev–Trinajstić information content (AvgIpc) is 2.86. The van der Waals surface area contributed by atoms with Gasteiger partial charge in [0.25, 0.3) is 5.91 Å². The Bertz CT molecular complexity index is 647. The van der Waals surface area contributed by atoms with Crippen molar-refractivity contribution >= 4 is 17.2 Å². The van der Waals surface area contributed by atoms with Gasteiger partial charge in [-0.05, 0) is 42.5 Å². The Balaban J connectivity index is 1.92. The van der Waals surface area contributed by atoms with Crippen LogP contribution in [0, 0.1) is 11.6 Å². The van der Waals surface area contributed by atoms with Gasteiger partial charge in [0.05, 0.1) is 6.04 Å². The van der Waals surface area contributed by atoms with Crippen molar-refractivity contribution in [1.29, 1.82) is 0 Å². The van der Waals surface area contributed by atoms with Crippen molar-refractivity contribution in [3.05, 3.63) is 57.3 Å². The standard InChI is InChI=1S/C15H13F2NOS/c1-9-13-3-5-20-14(13)2-4-18(9)15(19)10-6-11(16)8-12(17)7-10/h3,5-9H,2,4H2,1H3/t9-/m1/s1. The van der Waals surface area contributed by atoms with Gasteiger partial charge in [0.15, 0.2) is 0 Å². The first-order valence-electron chi connectivity index (χ1n) is 6.39. The van der Waals surface area contributed by atoms with Crippen molar-refractivity contribution in [2.45, 2.75) is 19.4 Å². The van der Waals surface area contributed by atoms with Crippen molar-refractivity contribution in [3.8, 4) is 0 Å². The molecule has 0 radical (unpaired) electrons. The highest BCUT2D eigenvalue weighted by atomic mass is 32.1. The van der Waals surface area contributed by atoms with E-state index in [1.165, 1.54) is 4.88 Å². The van der Waals surface area contributed by atoms with Gasteiger partial charge in [-0.25, -0.2) is 8.78 Å². The molecule has 1 aromatic heterocycles. The summed E-state index contributed by atoms with van der Waals surface area (Å²) in [6.07, 6.45) is 0.793. The van der Waals surface area contributed by atoms with E-state index < -0.39 is 11.6 Å². The van der Waals surface area contributed by atoms with Crippen LogP contribution in [0.15, 0.2) is 29.6 Å². The van der Waals surface area contributed by atoms with E-state index in [2.05, 4.69) is 0 Å².